The molecule has 1 aromatic heterocycles. The molecule has 3 rings (SSSR count). The molecule has 0 unspecified atom stereocenters. The highest BCUT2D eigenvalue weighted by Crippen LogP contribution is 2.31. The lowest BCUT2D eigenvalue weighted by molar-refractivity contribution is 0.395. The summed E-state index contributed by atoms with van der Waals surface area (Å²) in [6.07, 6.45) is 1.70. The van der Waals surface area contributed by atoms with E-state index in [1.807, 2.05) is 61.5 Å². The van der Waals surface area contributed by atoms with Crippen molar-refractivity contribution in [2.45, 2.75) is 0 Å². The maximum atomic E-state index is 5.41. The molecule has 0 saturated carbocycles. The first-order chi connectivity index (χ1) is 13.1. The molecule has 0 amide bonds. The van der Waals surface area contributed by atoms with Crippen LogP contribution in [0.4, 0.5) is 28.8 Å². The maximum Gasteiger partial charge on any atom is 0.229 e. The van der Waals surface area contributed by atoms with Crippen LogP contribution in [0.3, 0.4) is 0 Å². The molecule has 1 heterocycles. The number of benzene rings is 2. The molecule has 0 saturated heterocycles. The Morgan fingerprint density at radius 3 is 2.33 bits per heavy atom. The lowest BCUT2D eigenvalue weighted by Gasteiger charge is -2.14. The second-order valence-electron chi connectivity index (χ2n) is 6.02. The summed E-state index contributed by atoms with van der Waals surface area (Å²) in [6.45, 7) is 0. The number of ether oxygens (including phenoxy) is 2. The van der Waals surface area contributed by atoms with Crippen molar-refractivity contribution < 1.29 is 9.47 Å². The lowest BCUT2D eigenvalue weighted by Crippen LogP contribution is -2.08. The molecule has 0 aliphatic carbocycles. The zero-order valence-electron chi connectivity index (χ0n) is 15.9. The highest BCUT2D eigenvalue weighted by atomic mass is 16.5. The van der Waals surface area contributed by atoms with Crippen molar-refractivity contribution in [3.8, 4) is 11.5 Å². The quantitative estimate of drug-likeness (QED) is 0.654. The highest BCUT2D eigenvalue weighted by Gasteiger charge is 2.07. The Morgan fingerprint density at radius 2 is 1.67 bits per heavy atom. The van der Waals surface area contributed by atoms with Crippen molar-refractivity contribution in [3.63, 3.8) is 0 Å². The fraction of sp³-hybridized carbons (Fsp3) is 0.200. The second-order valence-corrected chi connectivity index (χ2v) is 6.02. The van der Waals surface area contributed by atoms with E-state index in [4.69, 9.17) is 9.47 Å². The topological polar surface area (TPSA) is 71.5 Å². The Kier molecular flexibility index (Phi) is 5.61. The number of hydrogen-bond donors (Lipinski definition) is 2. The van der Waals surface area contributed by atoms with Crippen molar-refractivity contribution >= 4 is 28.8 Å². The van der Waals surface area contributed by atoms with Gasteiger partial charge >= 0.3 is 0 Å². The van der Waals surface area contributed by atoms with Crippen LogP contribution in [-0.2, 0) is 0 Å². The van der Waals surface area contributed by atoms with Crippen LogP contribution in [0.25, 0.3) is 0 Å². The van der Waals surface area contributed by atoms with Crippen LogP contribution in [-0.4, -0.2) is 38.3 Å². The predicted molar refractivity (Wildman–Crippen MR) is 109 cm³/mol. The summed E-state index contributed by atoms with van der Waals surface area (Å²) in [5.74, 6) is 2.55. The van der Waals surface area contributed by atoms with E-state index in [-0.39, 0.29) is 0 Å². The van der Waals surface area contributed by atoms with Gasteiger partial charge in [0, 0.05) is 37.7 Å². The van der Waals surface area contributed by atoms with Crippen LogP contribution in [0, 0.1) is 0 Å². The second kappa shape index (κ2) is 8.27. The molecular formula is C20H23N5O2. The smallest absolute Gasteiger partial charge is 0.229 e. The number of anilines is 5. The van der Waals surface area contributed by atoms with Crippen LogP contribution in [0.15, 0.2) is 54.7 Å². The van der Waals surface area contributed by atoms with Gasteiger partial charge in [-0.2, -0.15) is 4.98 Å². The molecule has 2 aromatic carbocycles. The summed E-state index contributed by atoms with van der Waals surface area (Å²) >= 11 is 0. The van der Waals surface area contributed by atoms with E-state index >= 15 is 0 Å². The third-order valence-electron chi connectivity index (χ3n) is 3.97. The van der Waals surface area contributed by atoms with E-state index in [2.05, 4.69) is 20.6 Å². The standard InChI is InChI=1S/C20H23N5O2/c1-25(2)15-7-5-14(6-8-15)22-20-21-12-11-19(24-20)23-17-10-9-16(26-3)13-18(17)27-4/h5-13H,1-4H3,(H2,21,22,23,24). The van der Waals surface area contributed by atoms with Crippen LogP contribution in [0.1, 0.15) is 0 Å². The summed E-state index contributed by atoms with van der Waals surface area (Å²) < 4.78 is 10.6. The Bertz CT molecular complexity index is 897. The van der Waals surface area contributed by atoms with Crippen molar-refractivity contribution in [1.29, 1.82) is 0 Å². The molecule has 3 aromatic rings. The van der Waals surface area contributed by atoms with Crippen molar-refractivity contribution in [1.82, 2.24) is 9.97 Å². The van der Waals surface area contributed by atoms with Crippen LogP contribution in [0.5, 0.6) is 11.5 Å². The van der Waals surface area contributed by atoms with Gasteiger partial charge in [-0.05, 0) is 42.5 Å². The Balaban J connectivity index is 1.76. The van der Waals surface area contributed by atoms with E-state index in [0.717, 1.165) is 22.8 Å². The fourth-order valence-corrected chi connectivity index (χ4v) is 2.50. The minimum Gasteiger partial charge on any atom is -0.497 e. The fourth-order valence-electron chi connectivity index (χ4n) is 2.50. The van der Waals surface area contributed by atoms with Gasteiger partial charge < -0.3 is 25.0 Å². The first-order valence-corrected chi connectivity index (χ1v) is 8.45. The zero-order valence-corrected chi connectivity index (χ0v) is 15.9. The van der Waals surface area contributed by atoms with Crippen LogP contribution < -0.4 is 25.0 Å². The first-order valence-electron chi connectivity index (χ1n) is 8.45. The van der Waals surface area contributed by atoms with Crippen molar-refractivity contribution in [2.75, 3.05) is 43.8 Å². The van der Waals surface area contributed by atoms with Gasteiger partial charge in [0.2, 0.25) is 5.95 Å². The summed E-state index contributed by atoms with van der Waals surface area (Å²) in [4.78, 5) is 10.8. The first kappa shape index (κ1) is 18.3. The minimum absolute atomic E-state index is 0.505. The number of nitrogens with zero attached hydrogens (tertiary/aromatic N) is 3. The summed E-state index contributed by atoms with van der Waals surface area (Å²) in [7, 11) is 7.25. The predicted octanol–water partition coefficient (Wildman–Crippen LogP) is 4.05. The van der Waals surface area contributed by atoms with Gasteiger partial charge in [0.15, 0.2) is 0 Å². The third kappa shape index (κ3) is 4.58. The molecule has 0 spiro atoms. The largest absolute Gasteiger partial charge is 0.497 e. The Hall–Kier alpha value is -3.48. The number of hydrogen-bond acceptors (Lipinski definition) is 7. The monoisotopic (exact) mass is 365 g/mol. The van der Waals surface area contributed by atoms with Crippen molar-refractivity contribution in [2.24, 2.45) is 0 Å². The highest BCUT2D eigenvalue weighted by molar-refractivity contribution is 5.67. The lowest BCUT2D eigenvalue weighted by atomic mass is 10.2. The van der Waals surface area contributed by atoms with Crippen LogP contribution in [0.2, 0.25) is 0 Å². The average Bonchev–Trinajstić information content (AvgIpc) is 2.69. The van der Waals surface area contributed by atoms with Gasteiger partial charge in [0.25, 0.3) is 0 Å². The number of methoxy groups -OCH3 is 2. The van der Waals surface area contributed by atoms with Gasteiger partial charge in [0.05, 0.1) is 19.9 Å². The van der Waals surface area contributed by atoms with Gasteiger partial charge in [-0.25, -0.2) is 4.98 Å². The van der Waals surface area contributed by atoms with E-state index in [0.29, 0.717) is 17.5 Å². The molecule has 0 fully saturated rings. The molecule has 7 nitrogen and oxygen atoms in total. The Labute approximate surface area is 159 Å². The molecule has 0 aliphatic rings. The molecule has 7 heteroatoms. The van der Waals surface area contributed by atoms with Crippen LogP contribution >= 0.6 is 0 Å². The van der Waals surface area contributed by atoms with E-state index in [9.17, 15) is 0 Å². The third-order valence-corrected chi connectivity index (χ3v) is 3.97. The van der Waals surface area contributed by atoms with Gasteiger partial charge in [-0.15, -0.1) is 0 Å². The Morgan fingerprint density at radius 1 is 0.889 bits per heavy atom. The summed E-state index contributed by atoms with van der Waals surface area (Å²) in [5.41, 5.74) is 2.83. The van der Waals surface area contributed by atoms with Gasteiger partial charge in [0.1, 0.15) is 17.3 Å². The van der Waals surface area contributed by atoms with Gasteiger partial charge in [-0.1, -0.05) is 0 Å². The van der Waals surface area contributed by atoms with Crippen molar-refractivity contribution in [3.05, 3.63) is 54.7 Å². The number of aromatic nitrogens is 2. The molecule has 0 radical (unpaired) electrons. The molecular weight excluding hydrogens is 342 g/mol. The molecule has 140 valence electrons. The van der Waals surface area contributed by atoms with E-state index in [1.54, 1.807) is 26.5 Å². The molecule has 0 aliphatic heterocycles. The molecule has 0 atom stereocenters. The maximum absolute atomic E-state index is 5.41. The molecule has 2 N–H and O–H groups in total. The number of rotatable bonds is 7. The normalized spacial score (nSPS) is 10.2. The van der Waals surface area contributed by atoms with E-state index < -0.39 is 0 Å². The summed E-state index contributed by atoms with van der Waals surface area (Å²) in [5, 5.41) is 6.46. The molecule has 0 bridgehead atoms. The van der Waals surface area contributed by atoms with Gasteiger partial charge in [-0.3, -0.25) is 0 Å². The molecule has 27 heavy (non-hydrogen) atoms. The zero-order chi connectivity index (χ0) is 19.2. The number of nitrogens with one attached hydrogen (secondary N) is 2. The van der Waals surface area contributed by atoms with E-state index in [1.165, 1.54) is 0 Å². The summed E-state index contributed by atoms with van der Waals surface area (Å²) in [6, 6.07) is 15.4. The minimum atomic E-state index is 0.505. The average molecular weight is 365 g/mol. The SMILES string of the molecule is COc1ccc(Nc2ccnc(Nc3ccc(N(C)C)cc3)n2)c(OC)c1.